The van der Waals surface area contributed by atoms with Crippen LogP contribution in [0.4, 0.5) is 0 Å². The Morgan fingerprint density at radius 2 is 2.19 bits per heavy atom. The van der Waals surface area contributed by atoms with Crippen LogP contribution in [0.3, 0.4) is 0 Å². The van der Waals surface area contributed by atoms with E-state index in [2.05, 4.69) is 4.74 Å². The van der Waals surface area contributed by atoms with Crippen molar-refractivity contribution in [2.24, 2.45) is 5.73 Å². The van der Waals surface area contributed by atoms with Crippen molar-refractivity contribution in [1.29, 1.82) is 0 Å². The van der Waals surface area contributed by atoms with E-state index < -0.39 is 0 Å². The first-order valence-electron chi connectivity index (χ1n) is 4.77. The maximum Gasteiger partial charge on any atom is 0.309 e. The highest BCUT2D eigenvalue weighted by Crippen LogP contribution is 2.11. The molecule has 84 valence electrons. The van der Waals surface area contributed by atoms with Crippen LogP contribution in [0.15, 0.2) is 30.3 Å². The third-order valence-electron chi connectivity index (χ3n) is 2.04. The van der Waals surface area contributed by atoms with Gasteiger partial charge in [-0.1, -0.05) is 48.6 Å². The molecule has 0 radical (unpaired) electrons. The molecule has 1 aromatic carbocycles. The first-order chi connectivity index (χ1) is 7.65. The molecular formula is C12H13NO2S. The second-order valence-corrected chi connectivity index (χ2v) is 3.57. The Kier molecular flexibility index (Phi) is 4.66. The summed E-state index contributed by atoms with van der Waals surface area (Å²) in [6.07, 6.45) is 3.77. The summed E-state index contributed by atoms with van der Waals surface area (Å²) in [5.41, 5.74) is 7.28. The fraction of sp³-hybridized carbons (Fsp3) is 0.167. The largest absolute Gasteiger partial charge is 0.469 e. The smallest absolute Gasteiger partial charge is 0.309 e. The van der Waals surface area contributed by atoms with Gasteiger partial charge in [0.2, 0.25) is 0 Å². The van der Waals surface area contributed by atoms with Crippen LogP contribution in [-0.4, -0.2) is 18.1 Å². The first-order valence-corrected chi connectivity index (χ1v) is 5.18. The number of hydrogen-bond donors (Lipinski definition) is 1. The van der Waals surface area contributed by atoms with Crippen LogP contribution < -0.4 is 5.73 Å². The van der Waals surface area contributed by atoms with Crippen LogP contribution in [0.1, 0.15) is 17.5 Å². The van der Waals surface area contributed by atoms with Gasteiger partial charge in [0.25, 0.3) is 0 Å². The van der Waals surface area contributed by atoms with Crippen molar-refractivity contribution < 1.29 is 9.53 Å². The summed E-state index contributed by atoms with van der Waals surface area (Å²) in [6.45, 7) is 0. The number of carbonyl (C=O) groups excluding carboxylic acids is 1. The molecule has 4 heteroatoms. The highest BCUT2D eigenvalue weighted by Gasteiger charge is 2.01. The molecule has 1 rings (SSSR count). The van der Waals surface area contributed by atoms with Crippen LogP contribution >= 0.6 is 12.2 Å². The Morgan fingerprint density at radius 1 is 1.50 bits per heavy atom. The molecule has 0 heterocycles. The van der Waals surface area contributed by atoms with Crippen molar-refractivity contribution in [3.8, 4) is 0 Å². The monoisotopic (exact) mass is 235 g/mol. The number of rotatable bonds is 4. The van der Waals surface area contributed by atoms with Crippen molar-refractivity contribution in [2.45, 2.75) is 6.42 Å². The van der Waals surface area contributed by atoms with E-state index in [1.807, 2.05) is 30.3 Å². The van der Waals surface area contributed by atoms with Gasteiger partial charge in [-0.25, -0.2) is 0 Å². The predicted octanol–water partition coefficient (Wildman–Crippen LogP) is 1.90. The number of esters is 1. The van der Waals surface area contributed by atoms with Gasteiger partial charge in [-0.05, 0) is 5.56 Å². The lowest BCUT2D eigenvalue weighted by Crippen LogP contribution is -2.10. The zero-order chi connectivity index (χ0) is 12.0. The predicted molar refractivity (Wildman–Crippen MR) is 68.0 cm³/mol. The number of nitrogens with two attached hydrogens (primary N) is 1. The van der Waals surface area contributed by atoms with Crippen LogP contribution in [0.2, 0.25) is 0 Å². The van der Waals surface area contributed by atoms with Gasteiger partial charge >= 0.3 is 5.97 Å². The lowest BCUT2D eigenvalue weighted by molar-refractivity contribution is -0.139. The topological polar surface area (TPSA) is 52.3 Å². The summed E-state index contributed by atoms with van der Waals surface area (Å²) < 4.78 is 4.53. The number of hydrogen-bond acceptors (Lipinski definition) is 3. The molecule has 1 aromatic rings. The molecule has 0 unspecified atom stereocenters. The average molecular weight is 235 g/mol. The second kappa shape index (κ2) is 6.02. The molecule has 0 aliphatic heterocycles. The van der Waals surface area contributed by atoms with Gasteiger partial charge in [-0.3, -0.25) is 4.79 Å². The molecule has 0 bridgehead atoms. The lowest BCUT2D eigenvalue weighted by atomic mass is 10.1. The minimum atomic E-state index is -0.274. The molecule has 16 heavy (non-hydrogen) atoms. The Morgan fingerprint density at radius 3 is 2.81 bits per heavy atom. The van der Waals surface area contributed by atoms with E-state index >= 15 is 0 Å². The molecule has 0 amide bonds. The summed E-state index contributed by atoms with van der Waals surface area (Å²) in [7, 11) is 1.36. The summed E-state index contributed by atoms with van der Waals surface area (Å²) >= 11 is 4.93. The van der Waals surface area contributed by atoms with E-state index in [9.17, 15) is 4.79 Å². The Labute approximate surface area is 99.9 Å². The van der Waals surface area contributed by atoms with Crippen LogP contribution in [0.5, 0.6) is 0 Å². The third kappa shape index (κ3) is 3.47. The van der Waals surface area contributed by atoms with Crippen LogP contribution in [0, 0.1) is 0 Å². The van der Waals surface area contributed by atoms with Gasteiger partial charge in [-0.15, -0.1) is 0 Å². The van der Waals surface area contributed by atoms with Gasteiger partial charge in [-0.2, -0.15) is 0 Å². The highest BCUT2D eigenvalue weighted by atomic mass is 32.1. The number of benzene rings is 1. The van der Waals surface area contributed by atoms with E-state index in [1.165, 1.54) is 7.11 Å². The third-order valence-corrected chi connectivity index (χ3v) is 2.26. The van der Waals surface area contributed by atoms with Crippen LogP contribution in [0.25, 0.3) is 6.08 Å². The zero-order valence-electron chi connectivity index (χ0n) is 8.97. The highest BCUT2D eigenvalue weighted by molar-refractivity contribution is 7.80. The molecule has 0 aliphatic rings. The number of thiocarbonyl (C=S) groups is 1. The fourth-order valence-electron chi connectivity index (χ4n) is 1.23. The Hall–Kier alpha value is -1.68. The van der Waals surface area contributed by atoms with E-state index in [0.717, 1.165) is 11.1 Å². The Balaban J connectivity index is 2.80. The summed E-state index contributed by atoms with van der Waals surface area (Å²) in [6, 6.07) is 7.49. The summed E-state index contributed by atoms with van der Waals surface area (Å²) in [5, 5.41) is 0. The minimum Gasteiger partial charge on any atom is -0.469 e. The standard InChI is InChI=1S/C12H13NO2S/c1-15-11(14)8-4-6-9-5-2-3-7-10(9)12(13)16/h2-7H,8H2,1H3,(H2,13,16). The minimum absolute atomic E-state index is 0.238. The zero-order valence-corrected chi connectivity index (χ0v) is 9.79. The van der Waals surface area contributed by atoms with Crippen LogP contribution in [-0.2, 0) is 9.53 Å². The number of carbonyl (C=O) groups is 1. The quantitative estimate of drug-likeness (QED) is 0.639. The van der Waals surface area contributed by atoms with Crippen molar-refractivity contribution in [3.63, 3.8) is 0 Å². The van der Waals surface area contributed by atoms with E-state index in [4.69, 9.17) is 18.0 Å². The summed E-state index contributed by atoms with van der Waals surface area (Å²) in [4.78, 5) is 11.2. The fourth-order valence-corrected chi connectivity index (χ4v) is 1.42. The SMILES string of the molecule is COC(=O)CC=Cc1ccccc1C(N)=S. The van der Waals surface area contributed by atoms with Crippen molar-refractivity contribution in [1.82, 2.24) is 0 Å². The maximum atomic E-state index is 10.9. The molecule has 0 saturated carbocycles. The molecule has 0 aromatic heterocycles. The van der Waals surface area contributed by atoms with Gasteiger partial charge in [0.15, 0.2) is 0 Å². The normalized spacial score (nSPS) is 10.3. The van der Waals surface area contributed by atoms with Gasteiger partial charge < -0.3 is 10.5 Å². The van der Waals surface area contributed by atoms with E-state index in [-0.39, 0.29) is 12.4 Å². The summed E-state index contributed by atoms with van der Waals surface area (Å²) in [5.74, 6) is -0.274. The van der Waals surface area contributed by atoms with E-state index in [0.29, 0.717) is 4.99 Å². The number of ether oxygens (including phenoxy) is 1. The first kappa shape index (κ1) is 12.4. The maximum absolute atomic E-state index is 10.9. The molecular weight excluding hydrogens is 222 g/mol. The lowest BCUT2D eigenvalue weighted by Gasteiger charge is -2.02. The van der Waals surface area contributed by atoms with Gasteiger partial charge in [0, 0.05) is 5.56 Å². The molecule has 3 nitrogen and oxygen atoms in total. The number of methoxy groups -OCH3 is 1. The molecule has 0 spiro atoms. The van der Waals surface area contributed by atoms with Crippen molar-refractivity contribution in [2.75, 3.05) is 7.11 Å². The molecule has 2 N–H and O–H groups in total. The van der Waals surface area contributed by atoms with Crippen molar-refractivity contribution in [3.05, 3.63) is 41.5 Å². The molecule has 0 aliphatic carbocycles. The van der Waals surface area contributed by atoms with Gasteiger partial charge in [0.1, 0.15) is 4.99 Å². The van der Waals surface area contributed by atoms with E-state index in [1.54, 1.807) is 6.08 Å². The Bertz CT molecular complexity index is 427. The second-order valence-electron chi connectivity index (χ2n) is 3.13. The average Bonchev–Trinajstić information content (AvgIpc) is 2.29. The molecule has 0 atom stereocenters. The van der Waals surface area contributed by atoms with Gasteiger partial charge in [0.05, 0.1) is 13.5 Å². The molecule has 0 saturated heterocycles. The molecule has 0 fully saturated rings. The van der Waals surface area contributed by atoms with Crippen molar-refractivity contribution >= 4 is 29.3 Å².